The summed E-state index contributed by atoms with van der Waals surface area (Å²) in [5.74, 6) is 2.49. The number of rotatable bonds is 5. The smallest absolute Gasteiger partial charge is 0.253 e. The Hall–Kier alpha value is -3.00. The van der Waals surface area contributed by atoms with E-state index in [1.165, 1.54) is 0 Å². The van der Waals surface area contributed by atoms with Crippen LogP contribution in [0.4, 0.5) is 5.82 Å². The number of hydrogen-bond acceptors (Lipinski definition) is 7. The number of carbonyl (C=O) groups is 1. The molecule has 1 saturated heterocycles. The minimum absolute atomic E-state index is 0.0476. The molecule has 1 fully saturated rings. The molecule has 1 aliphatic rings. The zero-order valence-corrected chi connectivity index (χ0v) is 18.3. The van der Waals surface area contributed by atoms with Gasteiger partial charge in [-0.3, -0.25) is 4.79 Å². The maximum absolute atomic E-state index is 12.9. The predicted octanol–water partition coefficient (Wildman–Crippen LogP) is 3.40. The molecule has 1 aromatic carbocycles. The van der Waals surface area contributed by atoms with Gasteiger partial charge in [0.15, 0.2) is 0 Å². The van der Waals surface area contributed by atoms with Gasteiger partial charge in [-0.25, -0.2) is 15.0 Å². The molecule has 2 aromatic heterocycles. The van der Waals surface area contributed by atoms with Crippen molar-refractivity contribution in [3.8, 4) is 5.75 Å². The van der Waals surface area contributed by atoms with Crippen LogP contribution in [0.5, 0.6) is 5.75 Å². The number of anilines is 1. The third kappa shape index (κ3) is 4.76. The van der Waals surface area contributed by atoms with Crippen LogP contribution in [0.3, 0.4) is 0 Å². The van der Waals surface area contributed by atoms with E-state index in [0.29, 0.717) is 25.3 Å². The summed E-state index contributed by atoms with van der Waals surface area (Å²) in [4.78, 5) is 30.2. The summed E-state index contributed by atoms with van der Waals surface area (Å²) in [5.41, 5.74) is 2.56. The van der Waals surface area contributed by atoms with Crippen LogP contribution in [-0.4, -0.2) is 51.9 Å². The van der Waals surface area contributed by atoms with Gasteiger partial charge in [-0.2, -0.15) is 0 Å². The summed E-state index contributed by atoms with van der Waals surface area (Å²) < 4.78 is 5.77. The zero-order valence-electron chi connectivity index (χ0n) is 17.5. The highest BCUT2D eigenvalue weighted by Gasteiger charge is 2.23. The lowest BCUT2D eigenvalue weighted by Gasteiger charge is -2.35. The van der Waals surface area contributed by atoms with Gasteiger partial charge in [0.1, 0.15) is 24.0 Å². The van der Waals surface area contributed by atoms with E-state index < -0.39 is 0 Å². The predicted molar refractivity (Wildman–Crippen MR) is 117 cm³/mol. The molecule has 0 unspecified atom stereocenters. The minimum atomic E-state index is 0.0476. The Kier molecular flexibility index (Phi) is 5.94. The first-order valence-corrected chi connectivity index (χ1v) is 10.9. The Balaban J connectivity index is 1.32. The number of nitrogens with zero attached hydrogens (tertiary/aromatic N) is 5. The highest BCUT2D eigenvalue weighted by atomic mass is 32.1. The lowest BCUT2D eigenvalue weighted by molar-refractivity contribution is 0.0746. The average Bonchev–Trinajstić information content (AvgIpc) is 3.17. The molecule has 0 atom stereocenters. The van der Waals surface area contributed by atoms with Crippen molar-refractivity contribution >= 4 is 23.1 Å². The molecule has 8 heteroatoms. The molecule has 4 rings (SSSR count). The first-order chi connectivity index (χ1) is 14.5. The third-order valence-corrected chi connectivity index (χ3v) is 5.82. The maximum Gasteiger partial charge on any atom is 0.253 e. The molecule has 30 heavy (non-hydrogen) atoms. The number of carbonyl (C=O) groups excluding carboxylic acids is 1. The van der Waals surface area contributed by atoms with E-state index in [9.17, 15) is 4.79 Å². The summed E-state index contributed by atoms with van der Waals surface area (Å²) in [6.07, 6.45) is 0. The maximum atomic E-state index is 12.9. The number of aryl methyl sites for hydroxylation is 3. The number of ether oxygens (including phenoxy) is 1. The second kappa shape index (κ2) is 8.79. The molecular formula is C22H25N5O2S. The van der Waals surface area contributed by atoms with Crippen molar-refractivity contribution < 1.29 is 9.53 Å². The van der Waals surface area contributed by atoms with Crippen molar-refractivity contribution in [2.45, 2.75) is 27.4 Å². The summed E-state index contributed by atoms with van der Waals surface area (Å²) >= 11 is 1.61. The summed E-state index contributed by atoms with van der Waals surface area (Å²) in [6, 6.07) is 9.33. The van der Waals surface area contributed by atoms with Gasteiger partial charge in [0, 0.05) is 48.9 Å². The van der Waals surface area contributed by atoms with Crippen molar-refractivity contribution in [3.05, 3.63) is 63.5 Å². The fraction of sp³-hybridized carbons (Fsp3) is 0.364. The van der Waals surface area contributed by atoms with E-state index in [2.05, 4.69) is 19.9 Å². The number of hydrogen-bond donors (Lipinski definition) is 0. The van der Waals surface area contributed by atoms with E-state index in [1.54, 1.807) is 11.3 Å². The van der Waals surface area contributed by atoms with Gasteiger partial charge in [0.25, 0.3) is 5.91 Å². The standard InChI is InChI=1S/C22H25N5O2S/c1-15-12-21(24-16(2)23-15)26-8-10-27(11-9-26)22(28)18-4-6-20(7-5-18)29-13-19-14-30-17(3)25-19/h4-7,12,14H,8-11,13H2,1-3H3. The Bertz CT molecular complexity index is 1010. The molecule has 3 aromatic rings. The lowest BCUT2D eigenvalue weighted by Crippen LogP contribution is -2.49. The van der Waals surface area contributed by atoms with Crippen LogP contribution in [0.1, 0.15) is 32.6 Å². The second-order valence-corrected chi connectivity index (χ2v) is 8.43. The number of piperazine rings is 1. The van der Waals surface area contributed by atoms with Crippen LogP contribution < -0.4 is 9.64 Å². The Morgan fingerprint density at radius 3 is 2.40 bits per heavy atom. The Labute approximate surface area is 180 Å². The molecule has 0 spiro atoms. The van der Waals surface area contributed by atoms with Crippen molar-refractivity contribution in [2.24, 2.45) is 0 Å². The highest BCUT2D eigenvalue weighted by molar-refractivity contribution is 7.09. The average molecular weight is 424 g/mol. The summed E-state index contributed by atoms with van der Waals surface area (Å²) in [6.45, 7) is 9.15. The van der Waals surface area contributed by atoms with Crippen LogP contribution in [0.25, 0.3) is 0 Å². The molecule has 0 radical (unpaired) electrons. The van der Waals surface area contributed by atoms with Crippen molar-refractivity contribution in [1.82, 2.24) is 19.9 Å². The fourth-order valence-corrected chi connectivity index (χ4v) is 4.10. The molecule has 0 saturated carbocycles. The van der Waals surface area contributed by atoms with E-state index in [1.807, 2.05) is 61.4 Å². The number of aromatic nitrogens is 3. The van der Waals surface area contributed by atoms with E-state index >= 15 is 0 Å². The van der Waals surface area contributed by atoms with Crippen molar-refractivity contribution in [2.75, 3.05) is 31.1 Å². The quantitative estimate of drug-likeness (QED) is 0.626. The zero-order chi connectivity index (χ0) is 21.1. The Morgan fingerprint density at radius 1 is 1.03 bits per heavy atom. The molecule has 1 aliphatic heterocycles. The largest absolute Gasteiger partial charge is 0.487 e. The first kappa shape index (κ1) is 20.3. The van der Waals surface area contributed by atoms with Crippen LogP contribution in [0, 0.1) is 20.8 Å². The van der Waals surface area contributed by atoms with E-state index in [4.69, 9.17) is 4.74 Å². The minimum Gasteiger partial charge on any atom is -0.487 e. The van der Waals surface area contributed by atoms with Gasteiger partial charge in [-0.15, -0.1) is 11.3 Å². The fourth-order valence-electron chi connectivity index (χ4n) is 3.51. The summed E-state index contributed by atoms with van der Waals surface area (Å²) in [5, 5.41) is 3.02. The first-order valence-electron chi connectivity index (χ1n) is 9.98. The van der Waals surface area contributed by atoms with Gasteiger partial charge in [0.05, 0.1) is 10.7 Å². The monoisotopic (exact) mass is 423 g/mol. The summed E-state index contributed by atoms with van der Waals surface area (Å²) in [7, 11) is 0. The number of thiazole rings is 1. The van der Waals surface area contributed by atoms with Crippen LogP contribution in [-0.2, 0) is 6.61 Å². The van der Waals surface area contributed by atoms with Gasteiger partial charge in [0.2, 0.25) is 0 Å². The Morgan fingerprint density at radius 2 is 1.77 bits per heavy atom. The topological polar surface area (TPSA) is 71.5 Å². The lowest BCUT2D eigenvalue weighted by atomic mass is 10.1. The van der Waals surface area contributed by atoms with Crippen LogP contribution >= 0.6 is 11.3 Å². The molecular weight excluding hydrogens is 398 g/mol. The molecule has 0 aliphatic carbocycles. The van der Waals surface area contributed by atoms with E-state index in [-0.39, 0.29) is 5.91 Å². The van der Waals surface area contributed by atoms with Crippen molar-refractivity contribution in [3.63, 3.8) is 0 Å². The SMILES string of the molecule is Cc1cc(N2CCN(C(=O)c3ccc(OCc4csc(C)n4)cc3)CC2)nc(C)n1. The van der Waals surface area contributed by atoms with Crippen LogP contribution in [0.15, 0.2) is 35.7 Å². The van der Waals surface area contributed by atoms with Gasteiger partial charge in [-0.05, 0) is 45.0 Å². The molecule has 0 N–H and O–H groups in total. The second-order valence-electron chi connectivity index (χ2n) is 7.36. The van der Waals surface area contributed by atoms with Crippen molar-refractivity contribution in [1.29, 1.82) is 0 Å². The van der Waals surface area contributed by atoms with Gasteiger partial charge >= 0.3 is 0 Å². The number of amides is 1. The van der Waals surface area contributed by atoms with E-state index in [0.717, 1.165) is 46.9 Å². The number of benzene rings is 1. The molecule has 7 nitrogen and oxygen atoms in total. The molecule has 1 amide bonds. The molecule has 156 valence electrons. The van der Waals surface area contributed by atoms with Gasteiger partial charge < -0.3 is 14.5 Å². The third-order valence-electron chi connectivity index (χ3n) is 5.00. The molecule has 3 heterocycles. The normalized spacial score (nSPS) is 14.1. The molecule has 0 bridgehead atoms. The van der Waals surface area contributed by atoms with Gasteiger partial charge in [-0.1, -0.05) is 0 Å². The highest BCUT2D eigenvalue weighted by Crippen LogP contribution is 2.19. The van der Waals surface area contributed by atoms with Crippen LogP contribution in [0.2, 0.25) is 0 Å².